The van der Waals surface area contributed by atoms with Crippen LogP contribution in [0.15, 0.2) is 36.4 Å². The molecule has 0 saturated carbocycles. The number of rotatable bonds is 4. The highest BCUT2D eigenvalue weighted by atomic mass is 16.6. The van der Waals surface area contributed by atoms with Crippen molar-refractivity contribution in [3.8, 4) is 11.5 Å². The molecule has 1 N–H and O–H groups in total. The van der Waals surface area contributed by atoms with Crippen molar-refractivity contribution in [2.45, 2.75) is 13.0 Å². The van der Waals surface area contributed by atoms with E-state index in [1.165, 1.54) is 14.2 Å². The fourth-order valence-electron chi connectivity index (χ4n) is 3.77. The van der Waals surface area contributed by atoms with Gasteiger partial charge in [-0.3, -0.25) is 14.9 Å². The van der Waals surface area contributed by atoms with E-state index in [0.717, 1.165) is 4.90 Å². The van der Waals surface area contributed by atoms with Crippen LogP contribution in [0, 0.1) is 12.8 Å². The van der Waals surface area contributed by atoms with E-state index in [9.17, 15) is 19.2 Å². The topological polar surface area (TPSA) is 111 Å². The quantitative estimate of drug-likeness (QED) is 0.607. The molecule has 2 aromatic rings. The summed E-state index contributed by atoms with van der Waals surface area (Å²) < 4.78 is 15.9. The molecule has 2 aliphatic rings. The summed E-state index contributed by atoms with van der Waals surface area (Å²) in [5, 5.41) is 2.19. The number of cyclic esters (lactones) is 1. The molecule has 154 valence electrons. The average molecular weight is 410 g/mol. The van der Waals surface area contributed by atoms with Crippen LogP contribution in [0.4, 0.5) is 10.5 Å². The number of benzene rings is 2. The fraction of sp³-hybridized carbons (Fsp3) is 0.238. The number of hydrogen-bond acceptors (Lipinski definition) is 7. The highest BCUT2D eigenvalue weighted by molar-refractivity contribution is 6.28. The van der Waals surface area contributed by atoms with Gasteiger partial charge in [-0.2, -0.15) is 0 Å². The SMILES string of the molecule is COc1ccc2c(c1OC)C(=O)O[C@@H]2[C@@H]1C(=O)NC(=O)N(c2ccccc2C)C1=O. The summed E-state index contributed by atoms with van der Waals surface area (Å²) in [5.74, 6) is -3.34. The number of para-hydroxylation sites is 1. The molecule has 0 aromatic heterocycles. The molecule has 30 heavy (non-hydrogen) atoms. The zero-order valence-electron chi connectivity index (χ0n) is 16.4. The van der Waals surface area contributed by atoms with Crippen molar-refractivity contribution < 1.29 is 33.4 Å². The maximum atomic E-state index is 13.3. The van der Waals surface area contributed by atoms with Gasteiger partial charge < -0.3 is 14.2 Å². The molecule has 2 aliphatic heterocycles. The van der Waals surface area contributed by atoms with E-state index in [4.69, 9.17) is 14.2 Å². The number of ether oxygens (including phenoxy) is 3. The second-order valence-electron chi connectivity index (χ2n) is 6.82. The van der Waals surface area contributed by atoms with Gasteiger partial charge in [-0.15, -0.1) is 0 Å². The number of urea groups is 1. The molecule has 2 heterocycles. The molecule has 0 radical (unpaired) electrons. The highest BCUT2D eigenvalue weighted by Gasteiger charge is 2.51. The number of carbonyl (C=O) groups excluding carboxylic acids is 4. The molecule has 2 atom stereocenters. The van der Waals surface area contributed by atoms with Crippen molar-refractivity contribution in [2.24, 2.45) is 5.92 Å². The van der Waals surface area contributed by atoms with Crippen molar-refractivity contribution in [1.82, 2.24) is 5.32 Å². The summed E-state index contributed by atoms with van der Waals surface area (Å²) >= 11 is 0. The normalized spacial score (nSPS) is 20.6. The van der Waals surface area contributed by atoms with E-state index >= 15 is 0 Å². The van der Waals surface area contributed by atoms with Gasteiger partial charge in [-0.05, 0) is 24.6 Å². The fourth-order valence-corrected chi connectivity index (χ4v) is 3.77. The Morgan fingerprint density at radius 2 is 1.73 bits per heavy atom. The lowest BCUT2D eigenvalue weighted by Gasteiger charge is -2.33. The number of fused-ring (bicyclic) bond motifs is 1. The zero-order chi connectivity index (χ0) is 21.6. The van der Waals surface area contributed by atoms with Gasteiger partial charge in [-0.1, -0.05) is 24.3 Å². The van der Waals surface area contributed by atoms with E-state index in [-0.39, 0.29) is 11.3 Å². The van der Waals surface area contributed by atoms with Gasteiger partial charge in [0.05, 0.1) is 19.9 Å². The Morgan fingerprint density at radius 1 is 1.00 bits per heavy atom. The number of aryl methyl sites for hydroxylation is 1. The second-order valence-corrected chi connectivity index (χ2v) is 6.82. The summed E-state index contributed by atoms with van der Waals surface area (Å²) in [5.41, 5.74) is 1.41. The van der Waals surface area contributed by atoms with Crippen molar-refractivity contribution in [2.75, 3.05) is 19.1 Å². The van der Waals surface area contributed by atoms with Crippen LogP contribution in [-0.2, 0) is 14.3 Å². The molecule has 0 unspecified atom stereocenters. The van der Waals surface area contributed by atoms with E-state index in [0.29, 0.717) is 22.6 Å². The molecule has 0 bridgehead atoms. The Hall–Kier alpha value is -3.88. The number of imide groups is 2. The number of amides is 4. The first kappa shape index (κ1) is 19.4. The summed E-state index contributed by atoms with van der Waals surface area (Å²) in [6.07, 6.45) is -1.21. The first-order valence-electron chi connectivity index (χ1n) is 9.09. The predicted octanol–water partition coefficient (Wildman–Crippen LogP) is 2.12. The van der Waals surface area contributed by atoms with Crippen molar-refractivity contribution in [3.63, 3.8) is 0 Å². The molecule has 0 spiro atoms. The van der Waals surface area contributed by atoms with Gasteiger partial charge in [-0.25, -0.2) is 14.5 Å². The van der Waals surface area contributed by atoms with Gasteiger partial charge in [0.15, 0.2) is 17.4 Å². The van der Waals surface area contributed by atoms with Gasteiger partial charge in [0.25, 0.3) is 5.91 Å². The lowest BCUT2D eigenvalue weighted by atomic mass is 9.90. The molecule has 1 fully saturated rings. The monoisotopic (exact) mass is 410 g/mol. The summed E-state index contributed by atoms with van der Waals surface area (Å²) in [6.45, 7) is 1.74. The molecular formula is C21H18N2O7. The number of carbonyl (C=O) groups is 4. The largest absolute Gasteiger partial charge is 0.493 e. The third-order valence-corrected chi connectivity index (χ3v) is 5.18. The lowest BCUT2D eigenvalue weighted by Crippen LogP contribution is -2.59. The number of hydrogen-bond donors (Lipinski definition) is 1. The Balaban J connectivity index is 1.79. The molecule has 1 saturated heterocycles. The maximum Gasteiger partial charge on any atom is 0.343 e. The van der Waals surface area contributed by atoms with E-state index < -0.39 is 35.8 Å². The molecule has 4 rings (SSSR count). The number of nitrogens with one attached hydrogen (secondary N) is 1. The molecule has 4 amide bonds. The molecule has 0 aliphatic carbocycles. The van der Waals surface area contributed by atoms with Crippen LogP contribution in [0.2, 0.25) is 0 Å². The van der Waals surface area contributed by atoms with Crippen LogP contribution in [-0.4, -0.2) is 38.0 Å². The van der Waals surface area contributed by atoms with Gasteiger partial charge >= 0.3 is 12.0 Å². The van der Waals surface area contributed by atoms with Gasteiger partial charge in [0.2, 0.25) is 5.91 Å². The van der Waals surface area contributed by atoms with Crippen LogP contribution in [0.5, 0.6) is 11.5 Å². The Labute approximate surface area is 171 Å². The van der Waals surface area contributed by atoms with Crippen LogP contribution >= 0.6 is 0 Å². The number of anilines is 1. The third-order valence-electron chi connectivity index (χ3n) is 5.18. The van der Waals surface area contributed by atoms with Crippen LogP contribution in [0.25, 0.3) is 0 Å². The standard InChI is InChI=1S/C21H18N2O7/c1-10-6-4-5-7-12(10)23-19(25)15(18(24)22-21(23)27)16-11-8-9-13(28-2)17(29-3)14(11)20(26)30-16/h4-9,15-16H,1-3H3,(H,22,24,27)/t15-,16+/m1/s1. The Bertz CT molecular complexity index is 1090. The summed E-state index contributed by atoms with van der Waals surface area (Å²) in [4.78, 5) is 51.8. The van der Waals surface area contributed by atoms with Crippen molar-refractivity contribution in [1.29, 1.82) is 0 Å². The minimum absolute atomic E-state index is 0.0850. The zero-order valence-corrected chi connectivity index (χ0v) is 16.4. The van der Waals surface area contributed by atoms with Crippen molar-refractivity contribution in [3.05, 3.63) is 53.1 Å². The average Bonchev–Trinajstić information content (AvgIpc) is 3.04. The maximum absolute atomic E-state index is 13.3. The van der Waals surface area contributed by atoms with Crippen molar-refractivity contribution >= 4 is 29.5 Å². The van der Waals surface area contributed by atoms with Crippen LogP contribution in [0.1, 0.15) is 27.6 Å². The van der Waals surface area contributed by atoms with Gasteiger partial charge in [0, 0.05) is 5.56 Å². The minimum Gasteiger partial charge on any atom is -0.493 e. The molecule has 2 aromatic carbocycles. The highest BCUT2D eigenvalue weighted by Crippen LogP contribution is 2.45. The molecule has 9 nitrogen and oxygen atoms in total. The number of nitrogens with zero attached hydrogens (tertiary/aromatic N) is 1. The molecular weight excluding hydrogens is 392 g/mol. The van der Waals surface area contributed by atoms with Crippen LogP contribution in [0.3, 0.4) is 0 Å². The Kier molecular flexibility index (Phi) is 4.65. The predicted molar refractivity (Wildman–Crippen MR) is 103 cm³/mol. The number of esters is 1. The van der Waals surface area contributed by atoms with Gasteiger partial charge in [0.1, 0.15) is 11.7 Å². The smallest absolute Gasteiger partial charge is 0.343 e. The summed E-state index contributed by atoms with van der Waals surface area (Å²) in [7, 11) is 2.79. The lowest BCUT2D eigenvalue weighted by molar-refractivity contribution is -0.139. The van der Waals surface area contributed by atoms with E-state index in [1.807, 2.05) is 0 Å². The minimum atomic E-state index is -1.44. The second kappa shape index (κ2) is 7.18. The first-order chi connectivity index (χ1) is 14.4. The van der Waals surface area contributed by atoms with E-state index in [1.54, 1.807) is 43.3 Å². The number of methoxy groups -OCH3 is 2. The molecule has 9 heteroatoms. The van der Waals surface area contributed by atoms with Crippen LogP contribution < -0.4 is 19.7 Å². The third kappa shape index (κ3) is 2.78. The summed E-state index contributed by atoms with van der Waals surface area (Å²) in [6, 6.07) is 9.03. The number of barbiturate groups is 1. The Morgan fingerprint density at radius 3 is 2.40 bits per heavy atom. The first-order valence-corrected chi connectivity index (χ1v) is 9.09. The van der Waals surface area contributed by atoms with E-state index in [2.05, 4.69) is 5.32 Å².